The summed E-state index contributed by atoms with van der Waals surface area (Å²) in [5, 5.41) is 0. The quantitative estimate of drug-likeness (QED) is 0.469. The van der Waals surface area contributed by atoms with Crippen molar-refractivity contribution in [2.45, 2.75) is 6.04 Å². The average Bonchev–Trinajstić information content (AvgIpc) is 2.69. The molecule has 2 atom stereocenters. The zero-order valence-corrected chi connectivity index (χ0v) is 7.64. The Morgan fingerprint density at radius 2 is 2.23 bits per heavy atom. The molecule has 70 valence electrons. The molecular formula is C10H13NO2. The summed E-state index contributed by atoms with van der Waals surface area (Å²) >= 11 is 0. The van der Waals surface area contributed by atoms with Gasteiger partial charge in [-0.15, -0.1) is 0 Å². The number of methoxy groups -OCH3 is 1. The van der Waals surface area contributed by atoms with Crippen molar-refractivity contribution in [3.05, 3.63) is 24.3 Å². The third kappa shape index (κ3) is 1.80. The molecule has 1 heterocycles. The van der Waals surface area contributed by atoms with E-state index >= 15 is 0 Å². The Bertz CT molecular complexity index is 258. The molecule has 13 heavy (non-hydrogen) atoms. The van der Waals surface area contributed by atoms with Crippen LogP contribution in [0.15, 0.2) is 24.3 Å². The van der Waals surface area contributed by atoms with Crippen molar-refractivity contribution in [2.24, 2.45) is 5.92 Å². The minimum Gasteiger partial charge on any atom is -0.468 e. The molecule has 0 aromatic rings. The van der Waals surface area contributed by atoms with Crippen LogP contribution in [0, 0.1) is 5.92 Å². The van der Waals surface area contributed by atoms with Crippen LogP contribution in [-0.4, -0.2) is 37.1 Å². The number of hydrogen-bond acceptors (Lipinski definition) is 3. The van der Waals surface area contributed by atoms with Crippen LogP contribution in [0.1, 0.15) is 0 Å². The first-order valence-electron chi connectivity index (χ1n) is 4.48. The van der Waals surface area contributed by atoms with Crippen molar-refractivity contribution in [1.82, 2.24) is 4.90 Å². The number of hydrogen-bond donors (Lipinski definition) is 0. The number of nitrogens with zero attached hydrogens (tertiary/aromatic N) is 1. The monoisotopic (exact) mass is 179 g/mol. The number of esters is 1. The summed E-state index contributed by atoms with van der Waals surface area (Å²) in [6.07, 6.45) is 8.38. The number of carbonyl (C=O) groups is 1. The lowest BCUT2D eigenvalue weighted by Crippen LogP contribution is -2.17. The Morgan fingerprint density at radius 1 is 1.54 bits per heavy atom. The molecule has 0 aromatic carbocycles. The molecule has 3 nitrogen and oxygen atoms in total. The molecule has 0 bridgehead atoms. The summed E-state index contributed by atoms with van der Waals surface area (Å²) in [7, 11) is 1.44. The average molecular weight is 179 g/mol. The number of allylic oxidation sites excluding steroid dienone is 2. The molecule has 0 amide bonds. The Labute approximate surface area is 77.7 Å². The normalized spacial score (nSPS) is 30.8. The van der Waals surface area contributed by atoms with E-state index in [0.717, 1.165) is 13.1 Å². The highest BCUT2D eigenvalue weighted by Crippen LogP contribution is 2.22. The molecule has 3 heteroatoms. The number of carbonyl (C=O) groups excluding carboxylic acids is 1. The van der Waals surface area contributed by atoms with Gasteiger partial charge in [0.1, 0.15) is 6.04 Å². The molecule has 1 saturated heterocycles. The van der Waals surface area contributed by atoms with Crippen molar-refractivity contribution in [3.8, 4) is 0 Å². The van der Waals surface area contributed by atoms with Gasteiger partial charge in [-0.05, 0) is 0 Å². The van der Waals surface area contributed by atoms with E-state index in [1.807, 2.05) is 12.2 Å². The summed E-state index contributed by atoms with van der Waals surface area (Å²) in [4.78, 5) is 13.2. The first-order chi connectivity index (χ1) is 6.31. The molecule has 1 aliphatic carbocycles. The largest absolute Gasteiger partial charge is 0.468 e. The van der Waals surface area contributed by atoms with Crippen molar-refractivity contribution in [3.63, 3.8) is 0 Å². The van der Waals surface area contributed by atoms with Gasteiger partial charge < -0.3 is 4.74 Å². The van der Waals surface area contributed by atoms with E-state index in [2.05, 4.69) is 21.8 Å². The molecule has 1 unspecified atom stereocenters. The zero-order valence-electron chi connectivity index (χ0n) is 7.64. The predicted octanol–water partition coefficient (Wildman–Crippen LogP) is 0.586. The van der Waals surface area contributed by atoms with E-state index in [1.165, 1.54) is 7.11 Å². The fourth-order valence-corrected chi connectivity index (χ4v) is 1.61. The van der Waals surface area contributed by atoms with Gasteiger partial charge in [0.25, 0.3) is 0 Å². The van der Waals surface area contributed by atoms with E-state index in [-0.39, 0.29) is 12.0 Å². The summed E-state index contributed by atoms with van der Waals surface area (Å²) in [5.41, 5.74) is 0. The van der Waals surface area contributed by atoms with Gasteiger partial charge in [-0.1, -0.05) is 24.3 Å². The van der Waals surface area contributed by atoms with E-state index in [9.17, 15) is 4.79 Å². The second-order valence-electron chi connectivity index (χ2n) is 3.43. The van der Waals surface area contributed by atoms with Crippen LogP contribution in [0.3, 0.4) is 0 Å². The van der Waals surface area contributed by atoms with Crippen LogP contribution in [0.2, 0.25) is 0 Å². The van der Waals surface area contributed by atoms with Crippen LogP contribution < -0.4 is 0 Å². The van der Waals surface area contributed by atoms with Crippen LogP contribution in [0.4, 0.5) is 0 Å². The second kappa shape index (κ2) is 3.34. The molecule has 0 saturated carbocycles. The standard InChI is InChI=1S/C10H13NO2/c1-13-10(12)9-7-11(9)6-8-4-2-3-5-8/h2-5,8-9H,6-7H2,1H3/t9-,11?/m0/s1. The lowest BCUT2D eigenvalue weighted by Gasteiger charge is -2.05. The van der Waals surface area contributed by atoms with Crippen molar-refractivity contribution >= 4 is 5.97 Å². The van der Waals surface area contributed by atoms with E-state index < -0.39 is 0 Å². The maximum absolute atomic E-state index is 11.1. The second-order valence-corrected chi connectivity index (χ2v) is 3.43. The molecule has 0 aromatic heterocycles. The molecule has 0 N–H and O–H groups in total. The summed E-state index contributed by atoms with van der Waals surface area (Å²) in [5.74, 6) is 0.376. The van der Waals surface area contributed by atoms with Gasteiger partial charge in [-0.2, -0.15) is 0 Å². The summed E-state index contributed by atoms with van der Waals surface area (Å²) < 4.78 is 4.65. The van der Waals surface area contributed by atoms with Gasteiger partial charge in [0.05, 0.1) is 7.11 Å². The maximum Gasteiger partial charge on any atom is 0.324 e. The first-order valence-corrected chi connectivity index (χ1v) is 4.48. The van der Waals surface area contributed by atoms with Crippen LogP contribution in [0.25, 0.3) is 0 Å². The fourth-order valence-electron chi connectivity index (χ4n) is 1.61. The number of ether oxygens (including phenoxy) is 1. The minimum atomic E-state index is -0.106. The molecular weight excluding hydrogens is 166 g/mol. The van der Waals surface area contributed by atoms with Crippen LogP contribution in [-0.2, 0) is 9.53 Å². The molecule has 1 fully saturated rings. The molecule has 0 spiro atoms. The third-order valence-corrected chi connectivity index (χ3v) is 2.46. The van der Waals surface area contributed by atoms with Crippen LogP contribution in [0.5, 0.6) is 0 Å². The topological polar surface area (TPSA) is 29.3 Å². The van der Waals surface area contributed by atoms with Gasteiger partial charge in [-0.3, -0.25) is 9.69 Å². The van der Waals surface area contributed by atoms with Gasteiger partial charge in [-0.25, -0.2) is 0 Å². The zero-order chi connectivity index (χ0) is 9.26. The number of rotatable bonds is 3. The first kappa shape index (κ1) is 8.51. The van der Waals surface area contributed by atoms with Gasteiger partial charge in [0.2, 0.25) is 0 Å². The van der Waals surface area contributed by atoms with E-state index in [1.54, 1.807) is 0 Å². The molecule has 1 aliphatic heterocycles. The maximum atomic E-state index is 11.1. The predicted molar refractivity (Wildman–Crippen MR) is 49.1 cm³/mol. The Morgan fingerprint density at radius 3 is 2.85 bits per heavy atom. The van der Waals surface area contributed by atoms with E-state index in [4.69, 9.17) is 0 Å². The SMILES string of the molecule is COC(=O)[C@@H]1CN1CC1C=CC=C1. The highest BCUT2D eigenvalue weighted by molar-refractivity contribution is 5.78. The smallest absolute Gasteiger partial charge is 0.324 e. The Balaban J connectivity index is 1.77. The Hall–Kier alpha value is -1.09. The fraction of sp³-hybridized carbons (Fsp3) is 0.500. The highest BCUT2D eigenvalue weighted by Gasteiger charge is 2.41. The van der Waals surface area contributed by atoms with Gasteiger partial charge >= 0.3 is 5.97 Å². The lowest BCUT2D eigenvalue weighted by molar-refractivity contribution is -0.140. The third-order valence-electron chi connectivity index (χ3n) is 2.46. The lowest BCUT2D eigenvalue weighted by atomic mass is 10.2. The minimum absolute atomic E-state index is 0.0207. The van der Waals surface area contributed by atoms with Crippen molar-refractivity contribution in [2.75, 3.05) is 20.2 Å². The summed E-state index contributed by atoms with van der Waals surface area (Å²) in [6.45, 7) is 1.79. The van der Waals surface area contributed by atoms with Crippen molar-refractivity contribution in [1.29, 1.82) is 0 Å². The Kier molecular flexibility index (Phi) is 2.19. The van der Waals surface area contributed by atoms with Crippen molar-refractivity contribution < 1.29 is 9.53 Å². The summed E-state index contributed by atoms with van der Waals surface area (Å²) in [6, 6.07) is 0.0207. The van der Waals surface area contributed by atoms with Gasteiger partial charge in [0.15, 0.2) is 0 Å². The highest BCUT2D eigenvalue weighted by atomic mass is 16.5. The molecule has 0 radical (unpaired) electrons. The molecule has 2 rings (SSSR count). The van der Waals surface area contributed by atoms with Crippen LogP contribution >= 0.6 is 0 Å². The molecule has 2 aliphatic rings. The van der Waals surface area contributed by atoms with Gasteiger partial charge in [0, 0.05) is 19.0 Å². The van der Waals surface area contributed by atoms with E-state index in [0.29, 0.717) is 5.92 Å².